The third kappa shape index (κ3) is 4.18. The van der Waals surface area contributed by atoms with E-state index in [2.05, 4.69) is 137 Å². The number of benzene rings is 4. The Morgan fingerprint density at radius 2 is 0.632 bits per heavy atom. The lowest BCUT2D eigenvalue weighted by Crippen LogP contribution is -1.86. The Morgan fingerprint density at radius 1 is 0.342 bits per heavy atom. The van der Waals surface area contributed by atoms with Gasteiger partial charge in [-0.25, -0.2) is 0 Å². The van der Waals surface area contributed by atoms with Gasteiger partial charge < -0.3 is 8.83 Å². The van der Waals surface area contributed by atoms with Crippen molar-refractivity contribution in [2.24, 2.45) is 0 Å². The van der Waals surface area contributed by atoms with Gasteiger partial charge in [0.1, 0.15) is 11.5 Å². The van der Waals surface area contributed by atoms with Gasteiger partial charge in [0, 0.05) is 22.3 Å². The lowest BCUT2D eigenvalue weighted by molar-refractivity contribution is 0.539. The van der Waals surface area contributed by atoms with Gasteiger partial charge in [0.25, 0.3) is 0 Å². The van der Waals surface area contributed by atoms with Crippen molar-refractivity contribution in [2.45, 2.75) is 27.7 Å². The predicted octanol–water partition coefficient (Wildman–Crippen LogP) is 10.4. The minimum atomic E-state index is 0.746. The largest absolute Gasteiger partial charge is 0.452 e. The van der Waals surface area contributed by atoms with Crippen LogP contribution in [0.5, 0.6) is 0 Å². The van der Waals surface area contributed by atoms with Gasteiger partial charge in [-0.2, -0.15) is 0 Å². The zero-order chi connectivity index (χ0) is 26.2. The smallest absolute Gasteiger partial charge is 0.178 e. The summed E-state index contributed by atoms with van der Waals surface area (Å²) in [6, 6.07) is 37.9. The number of furan rings is 2. The highest BCUT2D eigenvalue weighted by Gasteiger charge is 2.26. The SMILES string of the molecule is Cc1ccccc1-c1cc(-c2ccccc2C)c(-c2oc(-c3ccccc3C)cc2-c2ccccc2C)o1. The van der Waals surface area contributed by atoms with Crippen molar-refractivity contribution in [3.63, 3.8) is 0 Å². The van der Waals surface area contributed by atoms with E-state index in [-0.39, 0.29) is 0 Å². The van der Waals surface area contributed by atoms with E-state index in [1.165, 1.54) is 22.3 Å². The molecule has 0 aliphatic carbocycles. The van der Waals surface area contributed by atoms with Crippen molar-refractivity contribution in [1.82, 2.24) is 0 Å². The van der Waals surface area contributed by atoms with Crippen LogP contribution in [0.3, 0.4) is 0 Å². The van der Waals surface area contributed by atoms with Gasteiger partial charge in [0.05, 0.1) is 0 Å². The van der Waals surface area contributed by atoms with E-state index in [4.69, 9.17) is 8.83 Å². The average Bonchev–Trinajstić information content (AvgIpc) is 3.55. The molecule has 2 heteroatoms. The summed E-state index contributed by atoms with van der Waals surface area (Å²) >= 11 is 0. The Balaban J connectivity index is 1.66. The molecule has 186 valence electrons. The topological polar surface area (TPSA) is 26.3 Å². The maximum Gasteiger partial charge on any atom is 0.178 e. The van der Waals surface area contributed by atoms with Gasteiger partial charge >= 0.3 is 0 Å². The van der Waals surface area contributed by atoms with E-state index in [1.54, 1.807) is 0 Å². The van der Waals surface area contributed by atoms with Crippen molar-refractivity contribution in [2.75, 3.05) is 0 Å². The molecule has 0 saturated carbocycles. The van der Waals surface area contributed by atoms with Crippen LogP contribution < -0.4 is 0 Å². The highest BCUT2D eigenvalue weighted by molar-refractivity contribution is 5.91. The first-order valence-electron chi connectivity index (χ1n) is 13.0. The predicted molar refractivity (Wildman–Crippen MR) is 157 cm³/mol. The third-order valence-corrected chi connectivity index (χ3v) is 7.36. The molecule has 0 aliphatic heterocycles. The summed E-state index contributed by atoms with van der Waals surface area (Å²) in [6.45, 7) is 8.52. The first-order chi connectivity index (χ1) is 18.5. The summed E-state index contributed by atoms with van der Waals surface area (Å²) in [5.74, 6) is 3.16. The van der Waals surface area contributed by atoms with Gasteiger partial charge in [-0.1, -0.05) is 97.1 Å². The Bertz CT molecular complexity index is 1630. The van der Waals surface area contributed by atoms with Crippen molar-refractivity contribution in [3.8, 4) is 56.4 Å². The molecule has 2 aromatic heterocycles. The summed E-state index contributed by atoms with van der Waals surface area (Å²) in [6.07, 6.45) is 0. The van der Waals surface area contributed by atoms with Crippen LogP contribution in [0, 0.1) is 27.7 Å². The lowest BCUT2D eigenvalue weighted by atomic mass is 9.95. The molecule has 2 nitrogen and oxygen atoms in total. The number of hydrogen-bond donors (Lipinski definition) is 0. The molecular formula is C36H30O2. The Kier molecular flexibility index (Phi) is 6.09. The van der Waals surface area contributed by atoms with E-state index in [0.29, 0.717) is 0 Å². The zero-order valence-corrected chi connectivity index (χ0v) is 22.2. The maximum absolute atomic E-state index is 6.76. The van der Waals surface area contributed by atoms with E-state index in [1.807, 2.05) is 0 Å². The fourth-order valence-corrected chi connectivity index (χ4v) is 5.23. The summed E-state index contributed by atoms with van der Waals surface area (Å²) in [4.78, 5) is 0. The standard InChI is InChI=1S/C36H30O2/c1-23-13-5-9-17-27(23)31-21-33(29-19-11-7-15-25(29)3)37-35(31)36-32(28-18-10-6-14-24(28)2)22-34(38-36)30-20-12-8-16-26(30)4/h5-22H,1-4H3. The molecule has 0 amide bonds. The van der Waals surface area contributed by atoms with E-state index in [0.717, 1.165) is 56.4 Å². The highest BCUT2D eigenvalue weighted by Crippen LogP contribution is 2.47. The van der Waals surface area contributed by atoms with Gasteiger partial charge in [0.2, 0.25) is 0 Å². The second kappa shape index (κ2) is 9.72. The van der Waals surface area contributed by atoms with E-state index in [9.17, 15) is 0 Å². The molecule has 0 spiro atoms. The quantitative estimate of drug-likeness (QED) is 0.238. The normalized spacial score (nSPS) is 11.2. The van der Waals surface area contributed by atoms with Gasteiger partial charge in [-0.3, -0.25) is 0 Å². The van der Waals surface area contributed by atoms with Crippen LogP contribution in [-0.2, 0) is 0 Å². The Morgan fingerprint density at radius 3 is 0.947 bits per heavy atom. The van der Waals surface area contributed by atoms with Gasteiger partial charge in [0.15, 0.2) is 11.5 Å². The Hall–Kier alpha value is -4.56. The molecule has 6 aromatic rings. The monoisotopic (exact) mass is 494 g/mol. The molecule has 4 aromatic carbocycles. The molecule has 0 unspecified atom stereocenters. The van der Waals surface area contributed by atoms with Crippen LogP contribution in [-0.4, -0.2) is 0 Å². The molecule has 38 heavy (non-hydrogen) atoms. The number of hydrogen-bond acceptors (Lipinski definition) is 2. The van der Waals surface area contributed by atoms with Crippen LogP contribution in [0.15, 0.2) is 118 Å². The number of aryl methyl sites for hydroxylation is 4. The molecule has 0 atom stereocenters. The van der Waals surface area contributed by atoms with Crippen LogP contribution in [0.2, 0.25) is 0 Å². The minimum Gasteiger partial charge on any atom is -0.452 e. The van der Waals surface area contributed by atoms with Crippen LogP contribution in [0.1, 0.15) is 22.3 Å². The Labute approximate surface area is 224 Å². The average molecular weight is 495 g/mol. The summed E-state index contributed by atoms with van der Waals surface area (Å²) in [5.41, 5.74) is 11.2. The van der Waals surface area contributed by atoms with Gasteiger partial charge in [-0.05, 0) is 73.2 Å². The van der Waals surface area contributed by atoms with Crippen LogP contribution in [0.25, 0.3) is 56.4 Å². The third-order valence-electron chi connectivity index (χ3n) is 7.36. The molecule has 0 radical (unpaired) electrons. The van der Waals surface area contributed by atoms with Crippen molar-refractivity contribution >= 4 is 0 Å². The van der Waals surface area contributed by atoms with Crippen LogP contribution >= 0.6 is 0 Å². The molecule has 0 N–H and O–H groups in total. The van der Waals surface area contributed by atoms with Gasteiger partial charge in [-0.15, -0.1) is 0 Å². The molecule has 2 heterocycles. The molecule has 0 saturated heterocycles. The molecule has 0 aliphatic rings. The second-order valence-corrected chi connectivity index (χ2v) is 9.97. The van der Waals surface area contributed by atoms with Crippen molar-refractivity contribution < 1.29 is 8.83 Å². The summed E-state index contributed by atoms with van der Waals surface area (Å²) in [7, 11) is 0. The first kappa shape index (κ1) is 23.8. The summed E-state index contributed by atoms with van der Waals surface area (Å²) < 4.78 is 13.5. The maximum atomic E-state index is 6.76. The fraction of sp³-hybridized carbons (Fsp3) is 0.111. The lowest BCUT2D eigenvalue weighted by Gasteiger charge is -2.08. The molecular weight excluding hydrogens is 464 g/mol. The van der Waals surface area contributed by atoms with Crippen molar-refractivity contribution in [3.05, 3.63) is 131 Å². The minimum absolute atomic E-state index is 0.746. The zero-order valence-electron chi connectivity index (χ0n) is 22.2. The second-order valence-electron chi connectivity index (χ2n) is 9.97. The first-order valence-corrected chi connectivity index (χ1v) is 13.0. The molecule has 6 rings (SSSR count). The molecule has 0 fully saturated rings. The van der Waals surface area contributed by atoms with E-state index < -0.39 is 0 Å². The van der Waals surface area contributed by atoms with Crippen molar-refractivity contribution in [1.29, 1.82) is 0 Å². The van der Waals surface area contributed by atoms with E-state index >= 15 is 0 Å². The van der Waals surface area contributed by atoms with Crippen LogP contribution in [0.4, 0.5) is 0 Å². The highest BCUT2D eigenvalue weighted by atomic mass is 16.4. The fourth-order valence-electron chi connectivity index (χ4n) is 5.23. The molecule has 0 bridgehead atoms. The number of rotatable bonds is 5. The summed E-state index contributed by atoms with van der Waals surface area (Å²) in [5, 5.41) is 0.